The van der Waals surface area contributed by atoms with E-state index in [1.165, 1.54) is 12.1 Å². The van der Waals surface area contributed by atoms with Gasteiger partial charge in [-0.25, -0.2) is 9.59 Å². The fourth-order valence-corrected chi connectivity index (χ4v) is 3.28. The van der Waals surface area contributed by atoms with Crippen LogP contribution in [-0.2, 0) is 9.59 Å². The number of halogens is 2. The van der Waals surface area contributed by atoms with Crippen LogP contribution in [0.5, 0.6) is 0 Å². The molecule has 3 rings (SSSR count). The minimum Gasteiger partial charge on any atom is -0.479 e. The number of carboxylic acids is 1. The van der Waals surface area contributed by atoms with Crippen molar-refractivity contribution in [3.8, 4) is 0 Å². The van der Waals surface area contributed by atoms with Crippen LogP contribution in [0.15, 0.2) is 42.5 Å². The molecule has 9 heteroatoms. The minimum atomic E-state index is -1.53. The third-order valence-corrected chi connectivity index (χ3v) is 4.34. The number of fused-ring (bicyclic) bond motifs is 1. The van der Waals surface area contributed by atoms with E-state index in [4.69, 9.17) is 23.2 Å². The van der Waals surface area contributed by atoms with Crippen molar-refractivity contribution in [2.24, 2.45) is 0 Å². The van der Waals surface area contributed by atoms with Crippen LogP contribution in [0.2, 0.25) is 10.0 Å². The zero-order valence-electron chi connectivity index (χ0n) is 13.1. The number of nitrogens with one attached hydrogen (secondary N) is 3. The Morgan fingerprint density at radius 2 is 1.81 bits per heavy atom. The molecule has 0 fully saturated rings. The molecule has 4 N–H and O–H groups in total. The number of carbonyl (C=O) groups is 3. The van der Waals surface area contributed by atoms with Crippen LogP contribution in [0.1, 0.15) is 11.6 Å². The summed E-state index contributed by atoms with van der Waals surface area (Å²) in [6, 6.07) is 8.04. The first-order valence-corrected chi connectivity index (χ1v) is 8.27. The molecular formula is C17H13Cl2N3O4. The van der Waals surface area contributed by atoms with Crippen LogP contribution in [0.25, 0.3) is 0 Å². The van der Waals surface area contributed by atoms with Gasteiger partial charge < -0.3 is 21.1 Å². The second-order valence-electron chi connectivity index (χ2n) is 5.56. The maximum Gasteiger partial charge on any atom is 0.334 e. The van der Waals surface area contributed by atoms with E-state index in [2.05, 4.69) is 16.0 Å². The van der Waals surface area contributed by atoms with Gasteiger partial charge in [0.25, 0.3) is 0 Å². The molecule has 0 unspecified atom stereocenters. The van der Waals surface area contributed by atoms with Gasteiger partial charge in [0.1, 0.15) is 6.04 Å². The van der Waals surface area contributed by atoms with Gasteiger partial charge in [-0.05, 0) is 24.3 Å². The van der Waals surface area contributed by atoms with Crippen molar-refractivity contribution in [1.29, 1.82) is 0 Å². The highest BCUT2D eigenvalue weighted by Crippen LogP contribution is 2.38. The lowest BCUT2D eigenvalue weighted by molar-refractivity contribution is -0.142. The molecule has 0 saturated carbocycles. The lowest BCUT2D eigenvalue weighted by Crippen LogP contribution is -2.50. The average Bonchev–Trinajstić information content (AvgIpc) is 2.57. The van der Waals surface area contributed by atoms with Crippen molar-refractivity contribution in [2.75, 3.05) is 10.6 Å². The quantitative estimate of drug-likeness (QED) is 0.598. The molecule has 0 aliphatic carbocycles. The molecule has 0 spiro atoms. The van der Waals surface area contributed by atoms with Crippen molar-refractivity contribution in [1.82, 2.24) is 5.32 Å². The second kappa shape index (κ2) is 7.23. The number of hydrogen-bond acceptors (Lipinski definition) is 4. The van der Waals surface area contributed by atoms with Crippen LogP contribution in [-0.4, -0.2) is 28.9 Å². The topological polar surface area (TPSA) is 108 Å². The van der Waals surface area contributed by atoms with Gasteiger partial charge in [0.05, 0.1) is 0 Å². The SMILES string of the molecule is O=C(Nc1ccccc1)N[C@@H]1C(=O)[C@@H](C(=O)O)Nc2cc(Cl)cc(Cl)c21. The number of carboxylic acid groups (broad SMARTS) is 1. The van der Waals surface area contributed by atoms with Gasteiger partial charge in [0.15, 0.2) is 11.8 Å². The number of ketones is 1. The van der Waals surface area contributed by atoms with E-state index in [0.717, 1.165) is 0 Å². The van der Waals surface area contributed by atoms with Crippen molar-refractivity contribution in [3.63, 3.8) is 0 Å². The van der Waals surface area contributed by atoms with Gasteiger partial charge in [-0.15, -0.1) is 0 Å². The smallest absolute Gasteiger partial charge is 0.334 e. The Labute approximate surface area is 158 Å². The third-order valence-electron chi connectivity index (χ3n) is 3.81. The number of rotatable bonds is 3. The molecule has 0 aromatic heterocycles. The Hall–Kier alpha value is -2.77. The number of Topliss-reactive ketones (excluding diaryl/α,β-unsaturated/α-hetero) is 1. The number of benzene rings is 2. The fraction of sp³-hybridized carbons (Fsp3) is 0.118. The average molecular weight is 394 g/mol. The molecule has 26 heavy (non-hydrogen) atoms. The number of carbonyl (C=O) groups excluding carboxylic acids is 2. The Morgan fingerprint density at radius 3 is 2.46 bits per heavy atom. The van der Waals surface area contributed by atoms with Crippen LogP contribution in [0.4, 0.5) is 16.2 Å². The zero-order chi connectivity index (χ0) is 18.8. The molecule has 0 bridgehead atoms. The Bertz CT molecular complexity index is 889. The lowest BCUT2D eigenvalue weighted by Gasteiger charge is -2.31. The number of amides is 2. The van der Waals surface area contributed by atoms with E-state index < -0.39 is 29.9 Å². The third kappa shape index (κ3) is 3.58. The monoisotopic (exact) mass is 393 g/mol. The summed E-state index contributed by atoms with van der Waals surface area (Å²) in [7, 11) is 0. The van der Waals surface area contributed by atoms with Gasteiger partial charge in [0, 0.05) is 27.0 Å². The van der Waals surface area contributed by atoms with E-state index in [9.17, 15) is 19.5 Å². The number of urea groups is 1. The van der Waals surface area contributed by atoms with Gasteiger partial charge in [-0.3, -0.25) is 4.79 Å². The van der Waals surface area contributed by atoms with E-state index in [-0.39, 0.29) is 21.3 Å². The summed E-state index contributed by atoms with van der Waals surface area (Å²) in [5.41, 5.74) is 1.06. The summed E-state index contributed by atoms with van der Waals surface area (Å²) in [6.45, 7) is 0. The number of anilines is 2. The van der Waals surface area contributed by atoms with E-state index >= 15 is 0 Å². The summed E-state index contributed by atoms with van der Waals surface area (Å²) >= 11 is 12.1. The molecule has 2 atom stereocenters. The predicted molar refractivity (Wildman–Crippen MR) is 97.9 cm³/mol. The van der Waals surface area contributed by atoms with Gasteiger partial charge in [0.2, 0.25) is 0 Å². The molecule has 1 heterocycles. The molecule has 7 nitrogen and oxygen atoms in total. The first kappa shape index (κ1) is 18.0. The van der Waals surface area contributed by atoms with Gasteiger partial charge >= 0.3 is 12.0 Å². The Kier molecular flexibility index (Phi) is 5.01. The van der Waals surface area contributed by atoms with Gasteiger partial charge in [-0.2, -0.15) is 0 Å². The van der Waals surface area contributed by atoms with Crippen molar-refractivity contribution < 1.29 is 19.5 Å². The molecule has 134 valence electrons. The standard InChI is InChI=1S/C17H13Cl2N3O4/c18-8-6-10(19)12-11(7-8)21-14(16(24)25)15(23)13(12)22-17(26)20-9-4-2-1-3-5-9/h1-7,13-14,21H,(H,24,25)(H2,20,22,26)/t13-,14-/m0/s1. The Morgan fingerprint density at radius 1 is 1.12 bits per heavy atom. The van der Waals surface area contributed by atoms with E-state index in [1.807, 2.05) is 0 Å². The summed E-state index contributed by atoms with van der Waals surface area (Å²) in [5, 5.41) is 17.3. The zero-order valence-corrected chi connectivity index (χ0v) is 14.6. The first-order chi connectivity index (χ1) is 12.4. The highest BCUT2D eigenvalue weighted by Gasteiger charge is 2.41. The maximum atomic E-state index is 12.6. The lowest BCUT2D eigenvalue weighted by atomic mass is 9.91. The molecule has 2 amide bonds. The number of hydrogen-bond donors (Lipinski definition) is 4. The minimum absolute atomic E-state index is 0.141. The van der Waals surface area contributed by atoms with Crippen molar-refractivity contribution in [2.45, 2.75) is 12.1 Å². The molecule has 0 radical (unpaired) electrons. The van der Waals surface area contributed by atoms with Crippen LogP contribution >= 0.6 is 23.2 Å². The molecule has 1 aliphatic heterocycles. The normalized spacial score (nSPS) is 18.5. The van der Waals surface area contributed by atoms with Crippen LogP contribution < -0.4 is 16.0 Å². The molecular weight excluding hydrogens is 381 g/mol. The molecule has 0 saturated heterocycles. The summed E-state index contributed by atoms with van der Waals surface area (Å²) in [4.78, 5) is 36.2. The van der Waals surface area contributed by atoms with E-state index in [0.29, 0.717) is 5.69 Å². The molecule has 2 aromatic carbocycles. The highest BCUT2D eigenvalue weighted by molar-refractivity contribution is 6.36. The Balaban J connectivity index is 1.92. The second-order valence-corrected chi connectivity index (χ2v) is 6.41. The van der Waals surface area contributed by atoms with Crippen LogP contribution in [0, 0.1) is 0 Å². The van der Waals surface area contributed by atoms with Crippen LogP contribution in [0.3, 0.4) is 0 Å². The highest BCUT2D eigenvalue weighted by atomic mass is 35.5. The predicted octanol–water partition coefficient (Wildman–Crippen LogP) is 3.30. The fourth-order valence-electron chi connectivity index (χ4n) is 2.68. The largest absolute Gasteiger partial charge is 0.479 e. The molecule has 1 aliphatic rings. The van der Waals surface area contributed by atoms with Crippen molar-refractivity contribution >= 4 is 52.4 Å². The molecule has 2 aromatic rings. The summed E-state index contributed by atoms with van der Waals surface area (Å²) < 4.78 is 0. The first-order valence-electron chi connectivity index (χ1n) is 7.51. The van der Waals surface area contributed by atoms with Gasteiger partial charge in [-0.1, -0.05) is 41.4 Å². The number of para-hydroxylation sites is 1. The van der Waals surface area contributed by atoms with E-state index in [1.54, 1.807) is 30.3 Å². The van der Waals surface area contributed by atoms with Crippen molar-refractivity contribution in [3.05, 3.63) is 58.1 Å². The maximum absolute atomic E-state index is 12.6. The summed E-state index contributed by atoms with van der Waals surface area (Å²) in [5.74, 6) is -2.11. The number of aliphatic carboxylic acids is 1. The summed E-state index contributed by atoms with van der Waals surface area (Å²) in [6.07, 6.45) is 0.